The molecule has 0 aliphatic carbocycles. The van der Waals surface area contributed by atoms with Crippen molar-refractivity contribution in [2.75, 3.05) is 6.54 Å². The summed E-state index contributed by atoms with van der Waals surface area (Å²) < 4.78 is 1.73. The van der Waals surface area contributed by atoms with E-state index in [1.165, 1.54) is 6.33 Å². The lowest BCUT2D eigenvalue weighted by Gasteiger charge is -2.08. The van der Waals surface area contributed by atoms with E-state index in [0.717, 1.165) is 11.1 Å². The lowest BCUT2D eigenvalue weighted by atomic mass is 10.1. The van der Waals surface area contributed by atoms with Crippen molar-refractivity contribution in [3.05, 3.63) is 48.0 Å². The monoisotopic (exact) mass is 317 g/mol. The fourth-order valence-corrected chi connectivity index (χ4v) is 1.95. The van der Waals surface area contributed by atoms with Gasteiger partial charge in [-0.05, 0) is 17.5 Å². The minimum atomic E-state index is -0.863. The molecule has 2 aromatic rings. The first-order chi connectivity index (χ1) is 11.1. The Bertz CT molecular complexity index is 625. The predicted octanol–water partition coefficient (Wildman–Crippen LogP) is 0.990. The van der Waals surface area contributed by atoms with Gasteiger partial charge in [0, 0.05) is 19.5 Å². The molecule has 122 valence electrons. The number of aromatic nitrogens is 3. The van der Waals surface area contributed by atoms with E-state index in [9.17, 15) is 9.59 Å². The Labute approximate surface area is 133 Å². The van der Waals surface area contributed by atoms with Crippen molar-refractivity contribution in [2.45, 2.75) is 25.9 Å². The number of carbonyl (C=O) groups is 2. The lowest BCUT2D eigenvalue weighted by molar-refractivity contribution is -0.137. The summed E-state index contributed by atoms with van der Waals surface area (Å²) in [6, 6.07) is 7.53. The number of aliphatic carboxylic acids is 1. The minimum absolute atomic E-state index is 0.0491. The standard InChI is InChI=1S/C15H19N5O3/c21-14(22)2-1-7-17-15(23)18-8-12-3-5-13(6-4-12)9-20-11-16-10-19-20/h3-6,10-11H,1-2,7-9H2,(H,21,22)(H2,17,18,23). The van der Waals surface area contributed by atoms with Gasteiger partial charge in [0.05, 0.1) is 6.54 Å². The van der Waals surface area contributed by atoms with Crippen LogP contribution in [0.5, 0.6) is 0 Å². The Morgan fingerprint density at radius 3 is 2.52 bits per heavy atom. The van der Waals surface area contributed by atoms with Gasteiger partial charge in [0.2, 0.25) is 0 Å². The predicted molar refractivity (Wildman–Crippen MR) is 82.7 cm³/mol. The van der Waals surface area contributed by atoms with Crippen LogP contribution in [0.25, 0.3) is 0 Å². The summed E-state index contributed by atoms with van der Waals surface area (Å²) in [6.45, 7) is 1.40. The Hall–Kier alpha value is -2.90. The second kappa shape index (κ2) is 8.52. The SMILES string of the molecule is O=C(O)CCCNC(=O)NCc1ccc(Cn2cncn2)cc1. The largest absolute Gasteiger partial charge is 0.481 e. The van der Waals surface area contributed by atoms with E-state index in [-0.39, 0.29) is 12.5 Å². The van der Waals surface area contributed by atoms with Gasteiger partial charge in [-0.1, -0.05) is 24.3 Å². The summed E-state index contributed by atoms with van der Waals surface area (Å²) in [7, 11) is 0. The fraction of sp³-hybridized carbons (Fsp3) is 0.333. The third-order valence-electron chi connectivity index (χ3n) is 3.14. The van der Waals surface area contributed by atoms with Crippen molar-refractivity contribution in [3.63, 3.8) is 0 Å². The highest BCUT2D eigenvalue weighted by Crippen LogP contribution is 2.05. The van der Waals surface area contributed by atoms with Gasteiger partial charge in [0.1, 0.15) is 12.7 Å². The molecule has 0 saturated carbocycles. The highest BCUT2D eigenvalue weighted by atomic mass is 16.4. The van der Waals surface area contributed by atoms with Gasteiger partial charge in [-0.15, -0.1) is 0 Å². The van der Waals surface area contributed by atoms with Crippen molar-refractivity contribution in [2.24, 2.45) is 0 Å². The highest BCUT2D eigenvalue weighted by molar-refractivity contribution is 5.73. The number of benzene rings is 1. The summed E-state index contributed by atoms with van der Waals surface area (Å²) in [6.07, 6.45) is 3.62. The van der Waals surface area contributed by atoms with Crippen LogP contribution in [-0.4, -0.2) is 38.4 Å². The summed E-state index contributed by atoms with van der Waals surface area (Å²) in [5, 5.41) is 17.9. The molecular formula is C15H19N5O3. The fourth-order valence-electron chi connectivity index (χ4n) is 1.95. The summed E-state index contributed by atoms with van der Waals surface area (Å²) in [5.74, 6) is -0.863. The first kappa shape index (κ1) is 16.5. The van der Waals surface area contributed by atoms with Crippen LogP contribution in [0.15, 0.2) is 36.9 Å². The van der Waals surface area contributed by atoms with E-state index >= 15 is 0 Å². The Balaban J connectivity index is 1.69. The molecule has 2 amide bonds. The van der Waals surface area contributed by atoms with Crippen LogP contribution in [0.1, 0.15) is 24.0 Å². The van der Waals surface area contributed by atoms with Gasteiger partial charge in [-0.2, -0.15) is 5.10 Å². The molecule has 0 radical (unpaired) electrons. The molecule has 0 aliphatic rings. The molecule has 0 bridgehead atoms. The number of carboxylic acids is 1. The van der Waals surface area contributed by atoms with Crippen LogP contribution in [0, 0.1) is 0 Å². The molecule has 0 unspecified atom stereocenters. The Kier molecular flexibility index (Phi) is 6.10. The first-order valence-corrected chi connectivity index (χ1v) is 7.27. The van der Waals surface area contributed by atoms with Crippen LogP contribution in [0.3, 0.4) is 0 Å². The number of hydrogen-bond acceptors (Lipinski definition) is 4. The summed E-state index contributed by atoms with van der Waals surface area (Å²) in [4.78, 5) is 25.8. The van der Waals surface area contributed by atoms with Crippen LogP contribution in [0.2, 0.25) is 0 Å². The second-order valence-electron chi connectivity index (χ2n) is 5.02. The van der Waals surface area contributed by atoms with Crippen LogP contribution in [-0.2, 0) is 17.9 Å². The third kappa shape index (κ3) is 6.16. The van der Waals surface area contributed by atoms with E-state index in [2.05, 4.69) is 20.7 Å². The number of nitrogens with one attached hydrogen (secondary N) is 2. The van der Waals surface area contributed by atoms with Crippen molar-refractivity contribution in [3.8, 4) is 0 Å². The molecule has 0 aliphatic heterocycles. The average Bonchev–Trinajstić information content (AvgIpc) is 3.04. The van der Waals surface area contributed by atoms with E-state index in [0.29, 0.717) is 26.1 Å². The number of carbonyl (C=O) groups excluding carboxylic acids is 1. The molecule has 0 spiro atoms. The van der Waals surface area contributed by atoms with Crippen molar-refractivity contribution in [1.29, 1.82) is 0 Å². The molecule has 0 saturated heterocycles. The number of urea groups is 1. The number of carboxylic acid groups (broad SMARTS) is 1. The zero-order valence-electron chi connectivity index (χ0n) is 12.6. The van der Waals surface area contributed by atoms with Gasteiger partial charge < -0.3 is 15.7 Å². The number of amides is 2. The maximum Gasteiger partial charge on any atom is 0.315 e. The van der Waals surface area contributed by atoms with Gasteiger partial charge in [-0.3, -0.25) is 4.79 Å². The zero-order chi connectivity index (χ0) is 16.5. The second-order valence-corrected chi connectivity index (χ2v) is 5.02. The molecule has 0 atom stereocenters. The van der Waals surface area contributed by atoms with E-state index in [1.807, 2.05) is 24.3 Å². The van der Waals surface area contributed by atoms with Crippen molar-refractivity contribution < 1.29 is 14.7 Å². The maximum absolute atomic E-state index is 11.6. The molecule has 8 nitrogen and oxygen atoms in total. The van der Waals surface area contributed by atoms with E-state index < -0.39 is 5.97 Å². The van der Waals surface area contributed by atoms with Crippen LogP contribution in [0.4, 0.5) is 4.79 Å². The zero-order valence-corrected chi connectivity index (χ0v) is 12.6. The maximum atomic E-state index is 11.6. The molecule has 3 N–H and O–H groups in total. The van der Waals surface area contributed by atoms with Gasteiger partial charge in [0.25, 0.3) is 0 Å². The molecule has 8 heteroatoms. The topological polar surface area (TPSA) is 109 Å². The van der Waals surface area contributed by atoms with Crippen molar-refractivity contribution >= 4 is 12.0 Å². The number of nitrogens with zero attached hydrogens (tertiary/aromatic N) is 3. The molecule has 2 rings (SSSR count). The average molecular weight is 317 g/mol. The minimum Gasteiger partial charge on any atom is -0.481 e. The molecule has 0 fully saturated rings. The number of hydrogen-bond donors (Lipinski definition) is 3. The molecule has 23 heavy (non-hydrogen) atoms. The van der Waals surface area contributed by atoms with Crippen LogP contribution < -0.4 is 10.6 Å². The van der Waals surface area contributed by atoms with Gasteiger partial charge in [0.15, 0.2) is 0 Å². The number of rotatable bonds is 8. The first-order valence-electron chi connectivity index (χ1n) is 7.27. The molecule has 1 aromatic carbocycles. The summed E-state index contributed by atoms with van der Waals surface area (Å²) in [5.41, 5.74) is 2.07. The lowest BCUT2D eigenvalue weighted by Crippen LogP contribution is -2.35. The van der Waals surface area contributed by atoms with Gasteiger partial charge in [-0.25, -0.2) is 14.5 Å². The molecule has 1 heterocycles. The molecule has 1 aromatic heterocycles. The van der Waals surface area contributed by atoms with Gasteiger partial charge >= 0.3 is 12.0 Å². The normalized spacial score (nSPS) is 10.3. The Morgan fingerprint density at radius 2 is 1.87 bits per heavy atom. The van der Waals surface area contributed by atoms with Crippen LogP contribution >= 0.6 is 0 Å². The molecular weight excluding hydrogens is 298 g/mol. The van der Waals surface area contributed by atoms with E-state index in [4.69, 9.17) is 5.11 Å². The van der Waals surface area contributed by atoms with E-state index in [1.54, 1.807) is 11.0 Å². The Morgan fingerprint density at radius 1 is 1.13 bits per heavy atom. The van der Waals surface area contributed by atoms with Crippen molar-refractivity contribution in [1.82, 2.24) is 25.4 Å². The summed E-state index contributed by atoms with van der Waals surface area (Å²) >= 11 is 0. The quantitative estimate of drug-likeness (QED) is 0.629. The third-order valence-corrected chi connectivity index (χ3v) is 3.14. The highest BCUT2D eigenvalue weighted by Gasteiger charge is 2.02. The smallest absolute Gasteiger partial charge is 0.315 e.